The normalized spacial score (nSPS) is 30.4. The van der Waals surface area contributed by atoms with Gasteiger partial charge in [-0.25, -0.2) is 0 Å². The van der Waals surface area contributed by atoms with Crippen LogP contribution in [0.1, 0.15) is 33.1 Å². The molecule has 13 heavy (non-hydrogen) atoms. The molecule has 0 bridgehead atoms. The van der Waals surface area contributed by atoms with Crippen molar-refractivity contribution in [1.82, 2.24) is 0 Å². The van der Waals surface area contributed by atoms with Crippen LogP contribution in [-0.2, 0) is 4.74 Å². The van der Waals surface area contributed by atoms with Gasteiger partial charge in [0.15, 0.2) is 0 Å². The summed E-state index contributed by atoms with van der Waals surface area (Å²) in [5, 5.41) is 9.85. The summed E-state index contributed by atoms with van der Waals surface area (Å²) in [6, 6.07) is 0. The highest BCUT2D eigenvalue weighted by Crippen LogP contribution is 2.26. The minimum Gasteiger partial charge on any atom is -0.393 e. The van der Waals surface area contributed by atoms with Gasteiger partial charge in [-0.2, -0.15) is 0 Å². The van der Waals surface area contributed by atoms with Crippen LogP contribution in [0.25, 0.3) is 0 Å². The second-order valence-corrected chi connectivity index (χ2v) is 4.09. The molecule has 1 N–H and O–H groups in total. The van der Waals surface area contributed by atoms with E-state index in [1.165, 1.54) is 0 Å². The molecule has 0 saturated carbocycles. The monoisotopic (exact) mass is 184 g/mol. The molecule has 2 nitrogen and oxygen atoms in total. The van der Waals surface area contributed by atoms with Crippen molar-refractivity contribution in [2.75, 3.05) is 6.61 Å². The highest BCUT2D eigenvalue weighted by molar-refractivity contribution is 4.90. The summed E-state index contributed by atoms with van der Waals surface area (Å²) in [5.41, 5.74) is 1.14. The van der Waals surface area contributed by atoms with Crippen LogP contribution in [0.2, 0.25) is 0 Å². The lowest BCUT2D eigenvalue weighted by Gasteiger charge is -2.20. The van der Waals surface area contributed by atoms with Gasteiger partial charge in [0, 0.05) is 12.5 Å². The fraction of sp³-hybridized carbons (Fsp3) is 0.818. The Kier molecular flexibility index (Phi) is 3.94. The molecule has 3 atom stereocenters. The third-order valence-electron chi connectivity index (χ3n) is 2.80. The van der Waals surface area contributed by atoms with Gasteiger partial charge >= 0.3 is 0 Å². The van der Waals surface area contributed by atoms with E-state index in [0.717, 1.165) is 31.4 Å². The van der Waals surface area contributed by atoms with E-state index in [0.29, 0.717) is 5.92 Å². The molecule has 1 heterocycles. The fourth-order valence-electron chi connectivity index (χ4n) is 1.86. The lowest BCUT2D eigenvalue weighted by Crippen LogP contribution is -2.26. The van der Waals surface area contributed by atoms with Gasteiger partial charge in [0.2, 0.25) is 0 Å². The number of ether oxygens (including phenoxy) is 1. The topological polar surface area (TPSA) is 29.5 Å². The summed E-state index contributed by atoms with van der Waals surface area (Å²) >= 11 is 0. The summed E-state index contributed by atoms with van der Waals surface area (Å²) < 4.78 is 5.41. The Balaban J connectivity index is 2.29. The van der Waals surface area contributed by atoms with E-state index in [1.54, 1.807) is 0 Å². The number of hydrogen-bond donors (Lipinski definition) is 1. The number of aliphatic hydroxyl groups is 1. The second-order valence-electron chi connectivity index (χ2n) is 4.09. The standard InChI is InChI=1S/C11H20O2/c1-8(2)4-5-11(12)10-6-7-13-9(10)3/h9-12H,1,4-7H2,2-3H3. The highest BCUT2D eigenvalue weighted by atomic mass is 16.5. The molecule has 1 aliphatic rings. The third kappa shape index (κ3) is 3.12. The molecular weight excluding hydrogens is 164 g/mol. The molecule has 1 aliphatic heterocycles. The fourth-order valence-corrected chi connectivity index (χ4v) is 1.86. The van der Waals surface area contributed by atoms with Crippen molar-refractivity contribution in [3.8, 4) is 0 Å². The summed E-state index contributed by atoms with van der Waals surface area (Å²) in [6.45, 7) is 8.68. The van der Waals surface area contributed by atoms with Crippen LogP contribution < -0.4 is 0 Å². The summed E-state index contributed by atoms with van der Waals surface area (Å²) in [5.74, 6) is 0.333. The van der Waals surface area contributed by atoms with E-state index in [1.807, 2.05) is 13.8 Å². The molecule has 0 aromatic rings. The van der Waals surface area contributed by atoms with E-state index < -0.39 is 0 Å². The van der Waals surface area contributed by atoms with Gasteiger partial charge in [0.1, 0.15) is 0 Å². The Morgan fingerprint density at radius 2 is 2.38 bits per heavy atom. The zero-order chi connectivity index (χ0) is 9.84. The first-order valence-corrected chi connectivity index (χ1v) is 5.05. The maximum absolute atomic E-state index is 9.85. The summed E-state index contributed by atoms with van der Waals surface area (Å²) in [7, 11) is 0. The molecule has 1 rings (SSSR count). The number of rotatable bonds is 4. The maximum Gasteiger partial charge on any atom is 0.0600 e. The van der Waals surface area contributed by atoms with Gasteiger partial charge in [-0.1, -0.05) is 5.57 Å². The predicted octanol–water partition coefficient (Wildman–Crippen LogP) is 2.13. The first kappa shape index (κ1) is 10.7. The highest BCUT2D eigenvalue weighted by Gasteiger charge is 2.30. The van der Waals surface area contributed by atoms with Crippen LogP contribution in [0.15, 0.2) is 12.2 Å². The quantitative estimate of drug-likeness (QED) is 0.678. The zero-order valence-corrected chi connectivity index (χ0v) is 8.62. The van der Waals surface area contributed by atoms with Crippen LogP contribution in [0.5, 0.6) is 0 Å². The first-order valence-electron chi connectivity index (χ1n) is 5.05. The van der Waals surface area contributed by atoms with Crippen LogP contribution in [0, 0.1) is 5.92 Å². The lowest BCUT2D eigenvalue weighted by molar-refractivity contribution is 0.0398. The zero-order valence-electron chi connectivity index (χ0n) is 8.62. The van der Waals surface area contributed by atoms with E-state index in [9.17, 15) is 5.11 Å². The first-order chi connectivity index (χ1) is 6.11. The van der Waals surface area contributed by atoms with Crippen LogP contribution in [-0.4, -0.2) is 23.9 Å². The molecular formula is C11H20O2. The smallest absolute Gasteiger partial charge is 0.0600 e. The minimum atomic E-state index is -0.214. The van der Waals surface area contributed by atoms with Gasteiger partial charge in [-0.3, -0.25) is 0 Å². The molecule has 0 radical (unpaired) electrons. The van der Waals surface area contributed by atoms with Crippen molar-refractivity contribution in [1.29, 1.82) is 0 Å². The van der Waals surface area contributed by atoms with Gasteiger partial charge < -0.3 is 9.84 Å². The van der Waals surface area contributed by atoms with Crippen molar-refractivity contribution < 1.29 is 9.84 Å². The van der Waals surface area contributed by atoms with Gasteiger partial charge in [-0.15, -0.1) is 6.58 Å². The molecule has 0 aromatic carbocycles. The van der Waals surface area contributed by atoms with Gasteiger partial charge in [0.05, 0.1) is 12.2 Å². The average Bonchev–Trinajstić information content (AvgIpc) is 2.47. The third-order valence-corrected chi connectivity index (χ3v) is 2.80. The van der Waals surface area contributed by atoms with Crippen molar-refractivity contribution in [3.63, 3.8) is 0 Å². The molecule has 1 fully saturated rings. The molecule has 0 aliphatic carbocycles. The van der Waals surface area contributed by atoms with Crippen LogP contribution in [0.3, 0.4) is 0 Å². The van der Waals surface area contributed by atoms with Gasteiger partial charge in [0.25, 0.3) is 0 Å². The SMILES string of the molecule is C=C(C)CCC(O)C1CCOC1C. The number of aliphatic hydroxyl groups excluding tert-OH is 1. The largest absolute Gasteiger partial charge is 0.393 e. The molecule has 3 unspecified atom stereocenters. The summed E-state index contributed by atoms with van der Waals surface area (Å²) in [6.07, 6.45) is 2.76. The van der Waals surface area contributed by atoms with E-state index in [4.69, 9.17) is 4.74 Å². The van der Waals surface area contributed by atoms with Crippen molar-refractivity contribution in [2.45, 2.75) is 45.3 Å². The van der Waals surface area contributed by atoms with E-state index >= 15 is 0 Å². The molecule has 76 valence electrons. The average molecular weight is 184 g/mol. The van der Waals surface area contributed by atoms with Crippen LogP contribution >= 0.6 is 0 Å². The van der Waals surface area contributed by atoms with Crippen molar-refractivity contribution in [2.24, 2.45) is 5.92 Å². The lowest BCUT2D eigenvalue weighted by atomic mass is 9.92. The molecule has 2 heteroatoms. The van der Waals surface area contributed by atoms with E-state index in [2.05, 4.69) is 6.58 Å². The number of allylic oxidation sites excluding steroid dienone is 1. The Morgan fingerprint density at radius 3 is 2.85 bits per heavy atom. The molecule has 1 saturated heterocycles. The molecule has 0 aromatic heterocycles. The Bertz CT molecular complexity index is 177. The number of hydrogen-bond acceptors (Lipinski definition) is 2. The molecule has 0 amide bonds. The Hall–Kier alpha value is -0.340. The second kappa shape index (κ2) is 4.77. The van der Waals surface area contributed by atoms with Crippen molar-refractivity contribution >= 4 is 0 Å². The van der Waals surface area contributed by atoms with Gasteiger partial charge in [-0.05, 0) is 33.1 Å². The van der Waals surface area contributed by atoms with Crippen molar-refractivity contribution in [3.05, 3.63) is 12.2 Å². The summed E-state index contributed by atoms with van der Waals surface area (Å²) in [4.78, 5) is 0. The Labute approximate surface area is 80.6 Å². The molecule has 0 spiro atoms. The van der Waals surface area contributed by atoms with Crippen LogP contribution in [0.4, 0.5) is 0 Å². The predicted molar refractivity (Wildman–Crippen MR) is 53.6 cm³/mol. The minimum absolute atomic E-state index is 0.214. The maximum atomic E-state index is 9.85. The Morgan fingerprint density at radius 1 is 1.69 bits per heavy atom. The van der Waals surface area contributed by atoms with E-state index in [-0.39, 0.29) is 12.2 Å².